The lowest BCUT2D eigenvalue weighted by Crippen LogP contribution is -1.97. The number of phenols is 1. The molecule has 0 saturated heterocycles. The highest BCUT2D eigenvalue weighted by molar-refractivity contribution is 14.1. The lowest BCUT2D eigenvalue weighted by Gasteiger charge is -2.03. The first-order valence-electron chi connectivity index (χ1n) is 3.21. The van der Waals surface area contributed by atoms with Crippen LogP contribution >= 0.6 is 38.5 Å². The van der Waals surface area contributed by atoms with E-state index in [1.807, 2.05) is 22.6 Å². The van der Waals surface area contributed by atoms with Gasteiger partial charge in [0.1, 0.15) is 5.75 Å². The summed E-state index contributed by atoms with van der Waals surface area (Å²) < 4.78 is 1.39. The predicted octanol–water partition coefficient (Wildman–Crippen LogP) is 2.96. The van der Waals surface area contributed by atoms with Crippen molar-refractivity contribution in [2.75, 3.05) is 0 Å². The molecule has 64 valence electrons. The first kappa shape index (κ1) is 9.98. The van der Waals surface area contributed by atoms with Gasteiger partial charge in [0, 0.05) is 13.6 Å². The van der Waals surface area contributed by atoms with E-state index in [-0.39, 0.29) is 11.5 Å². The molecule has 0 amide bonds. The Morgan fingerprint density at radius 3 is 2.58 bits per heavy atom. The van der Waals surface area contributed by atoms with Crippen LogP contribution in [-0.4, -0.2) is 10.9 Å². The highest BCUT2D eigenvalue weighted by Gasteiger charge is 2.10. The van der Waals surface area contributed by atoms with Crippen LogP contribution in [0.4, 0.5) is 0 Å². The Balaban J connectivity index is 3.38. The minimum Gasteiger partial charge on any atom is -0.508 e. The van der Waals surface area contributed by atoms with Gasteiger partial charge in [0.15, 0.2) is 5.78 Å². The molecule has 12 heavy (non-hydrogen) atoms. The van der Waals surface area contributed by atoms with Gasteiger partial charge in [-0.3, -0.25) is 4.79 Å². The monoisotopic (exact) mass is 340 g/mol. The molecule has 1 N–H and O–H groups in total. The van der Waals surface area contributed by atoms with Gasteiger partial charge in [-0.1, -0.05) is 0 Å². The summed E-state index contributed by atoms with van der Waals surface area (Å²) in [7, 11) is 0. The highest BCUT2D eigenvalue weighted by atomic mass is 127. The summed E-state index contributed by atoms with van der Waals surface area (Å²) in [5.74, 6) is 0.155. The van der Waals surface area contributed by atoms with Crippen molar-refractivity contribution in [3.05, 3.63) is 25.7 Å². The van der Waals surface area contributed by atoms with Gasteiger partial charge in [0.25, 0.3) is 0 Å². The third-order valence-electron chi connectivity index (χ3n) is 1.38. The molecule has 1 rings (SSSR count). The van der Waals surface area contributed by atoms with Crippen molar-refractivity contribution < 1.29 is 9.90 Å². The molecule has 2 nitrogen and oxygen atoms in total. The van der Waals surface area contributed by atoms with E-state index in [4.69, 9.17) is 5.11 Å². The van der Waals surface area contributed by atoms with Gasteiger partial charge >= 0.3 is 0 Å². The zero-order valence-electron chi connectivity index (χ0n) is 6.27. The van der Waals surface area contributed by atoms with Crippen molar-refractivity contribution >= 4 is 44.3 Å². The first-order chi connectivity index (χ1) is 5.52. The molecule has 0 spiro atoms. The molecule has 0 unspecified atom stereocenters. The molecule has 1 aromatic rings. The molecule has 0 aliphatic rings. The second kappa shape index (κ2) is 3.74. The van der Waals surface area contributed by atoms with Gasteiger partial charge in [-0.2, -0.15) is 0 Å². The largest absolute Gasteiger partial charge is 0.508 e. The lowest BCUT2D eigenvalue weighted by atomic mass is 10.1. The van der Waals surface area contributed by atoms with Gasteiger partial charge in [0.05, 0.1) is 0 Å². The van der Waals surface area contributed by atoms with Crippen molar-refractivity contribution in [1.29, 1.82) is 0 Å². The predicted molar refractivity (Wildman–Crippen MR) is 58.5 cm³/mol. The Kier molecular flexibility index (Phi) is 3.11. The standard InChI is InChI=1S/C8H6BrIO2/c1-4(11)8-6(9)2-5(12)3-7(8)10/h2-3,12H,1H3. The fraction of sp³-hybridized carbons (Fsp3) is 0.125. The van der Waals surface area contributed by atoms with Crippen LogP contribution in [0.25, 0.3) is 0 Å². The Labute approximate surface area is 92.2 Å². The van der Waals surface area contributed by atoms with Crippen molar-refractivity contribution in [1.82, 2.24) is 0 Å². The van der Waals surface area contributed by atoms with Gasteiger partial charge in [-0.05, 0) is 57.6 Å². The second-order valence-corrected chi connectivity index (χ2v) is 4.36. The fourth-order valence-electron chi connectivity index (χ4n) is 0.896. The smallest absolute Gasteiger partial charge is 0.162 e. The number of aromatic hydroxyl groups is 1. The average Bonchev–Trinajstić information content (AvgIpc) is 1.82. The average molecular weight is 341 g/mol. The Morgan fingerprint density at radius 1 is 1.58 bits per heavy atom. The number of rotatable bonds is 1. The molecule has 0 bridgehead atoms. The topological polar surface area (TPSA) is 37.3 Å². The van der Waals surface area contributed by atoms with Crippen LogP contribution in [0.1, 0.15) is 17.3 Å². The van der Waals surface area contributed by atoms with Crippen molar-refractivity contribution in [2.45, 2.75) is 6.92 Å². The van der Waals surface area contributed by atoms with Gasteiger partial charge in [-0.15, -0.1) is 0 Å². The molecule has 4 heteroatoms. The Bertz CT molecular complexity index is 313. The third-order valence-corrected chi connectivity index (χ3v) is 2.86. The summed E-state index contributed by atoms with van der Waals surface area (Å²) in [5, 5.41) is 9.15. The summed E-state index contributed by atoms with van der Waals surface area (Å²) in [6.07, 6.45) is 0. The van der Waals surface area contributed by atoms with Crippen LogP contribution in [0.2, 0.25) is 0 Å². The summed E-state index contributed by atoms with van der Waals surface area (Å²) in [6, 6.07) is 3.07. The minimum absolute atomic E-state index is 0.00808. The molecule has 0 saturated carbocycles. The molecule has 0 radical (unpaired) electrons. The molecule has 0 atom stereocenters. The maximum atomic E-state index is 11.1. The van der Waals surface area contributed by atoms with Crippen LogP contribution in [0.5, 0.6) is 5.75 Å². The molecule has 0 heterocycles. The number of halogens is 2. The van der Waals surface area contributed by atoms with Crippen molar-refractivity contribution in [3.63, 3.8) is 0 Å². The maximum absolute atomic E-state index is 11.1. The van der Waals surface area contributed by atoms with Gasteiger partial charge in [-0.25, -0.2) is 0 Å². The molecular formula is C8H6BrIO2. The molecular weight excluding hydrogens is 335 g/mol. The number of Topliss-reactive ketones (excluding diaryl/α,β-unsaturated/α-hetero) is 1. The van der Waals surface area contributed by atoms with E-state index < -0.39 is 0 Å². The maximum Gasteiger partial charge on any atom is 0.162 e. The van der Waals surface area contributed by atoms with Crippen LogP contribution in [-0.2, 0) is 0 Å². The molecule has 0 aromatic heterocycles. The number of benzene rings is 1. The van der Waals surface area contributed by atoms with E-state index in [0.717, 1.165) is 3.57 Å². The summed E-state index contributed by atoms with van der Waals surface area (Å²) >= 11 is 5.23. The fourth-order valence-corrected chi connectivity index (χ4v) is 2.98. The van der Waals surface area contributed by atoms with E-state index in [1.54, 1.807) is 6.07 Å². The van der Waals surface area contributed by atoms with E-state index in [0.29, 0.717) is 10.0 Å². The summed E-state index contributed by atoms with van der Waals surface area (Å²) in [4.78, 5) is 11.1. The summed E-state index contributed by atoms with van der Waals surface area (Å²) in [6.45, 7) is 1.50. The minimum atomic E-state index is -0.00808. The van der Waals surface area contributed by atoms with E-state index in [2.05, 4.69) is 15.9 Å². The zero-order valence-corrected chi connectivity index (χ0v) is 10.0. The SMILES string of the molecule is CC(=O)c1c(Br)cc(O)cc1I. The normalized spacial score (nSPS) is 9.92. The van der Waals surface area contributed by atoms with Gasteiger partial charge in [0.2, 0.25) is 0 Å². The zero-order chi connectivity index (χ0) is 9.30. The second-order valence-electron chi connectivity index (χ2n) is 2.34. The molecule has 0 fully saturated rings. The molecule has 0 aliphatic carbocycles. The highest BCUT2D eigenvalue weighted by Crippen LogP contribution is 2.27. The van der Waals surface area contributed by atoms with E-state index >= 15 is 0 Å². The molecule has 0 aliphatic heterocycles. The Morgan fingerprint density at radius 2 is 2.17 bits per heavy atom. The number of hydrogen-bond donors (Lipinski definition) is 1. The van der Waals surface area contributed by atoms with E-state index in [9.17, 15) is 4.79 Å². The lowest BCUT2D eigenvalue weighted by molar-refractivity contribution is 0.101. The number of carbonyl (C=O) groups excluding carboxylic acids is 1. The number of hydrogen-bond acceptors (Lipinski definition) is 2. The summed E-state index contributed by atoms with van der Waals surface area (Å²) in [5.41, 5.74) is 0.619. The molecule has 1 aromatic carbocycles. The first-order valence-corrected chi connectivity index (χ1v) is 5.08. The van der Waals surface area contributed by atoms with Crippen molar-refractivity contribution in [2.24, 2.45) is 0 Å². The van der Waals surface area contributed by atoms with Crippen LogP contribution in [0.3, 0.4) is 0 Å². The third kappa shape index (κ3) is 1.98. The van der Waals surface area contributed by atoms with Gasteiger partial charge < -0.3 is 5.11 Å². The number of ketones is 1. The van der Waals surface area contributed by atoms with Crippen LogP contribution < -0.4 is 0 Å². The van der Waals surface area contributed by atoms with E-state index in [1.165, 1.54) is 13.0 Å². The number of phenolic OH excluding ortho intramolecular Hbond substituents is 1. The van der Waals surface area contributed by atoms with Crippen molar-refractivity contribution in [3.8, 4) is 5.75 Å². The Hall–Kier alpha value is -0.100. The van der Waals surface area contributed by atoms with Crippen LogP contribution in [0.15, 0.2) is 16.6 Å². The number of carbonyl (C=O) groups is 1. The quantitative estimate of drug-likeness (QED) is 0.630. The van der Waals surface area contributed by atoms with Crippen LogP contribution in [0, 0.1) is 3.57 Å².